The first-order chi connectivity index (χ1) is 8.26. The van der Waals surface area contributed by atoms with Gasteiger partial charge < -0.3 is 9.64 Å². The zero-order valence-electron chi connectivity index (χ0n) is 12.5. The molecule has 0 unspecified atom stereocenters. The number of ether oxygens (including phenoxy) is 1. The van der Waals surface area contributed by atoms with Crippen molar-refractivity contribution in [2.75, 3.05) is 46.4 Å². The molecule has 104 valence electrons. The van der Waals surface area contributed by atoms with Gasteiger partial charge in [-0.3, -0.25) is 4.90 Å². The van der Waals surface area contributed by atoms with E-state index in [9.17, 15) is 0 Å². The summed E-state index contributed by atoms with van der Waals surface area (Å²) in [6.07, 6.45) is 3.02. The van der Waals surface area contributed by atoms with E-state index in [1.165, 1.54) is 19.4 Å². The average Bonchev–Trinajstić information content (AvgIpc) is 2.39. The molecular formula is C14H32N2O. The van der Waals surface area contributed by atoms with Gasteiger partial charge in [-0.1, -0.05) is 34.1 Å². The molecule has 0 aromatic carbocycles. The quantitative estimate of drug-likeness (QED) is 0.714. The van der Waals surface area contributed by atoms with Crippen LogP contribution in [0.3, 0.4) is 0 Å². The second-order valence-electron chi connectivity index (χ2n) is 4.50. The van der Waals surface area contributed by atoms with E-state index < -0.39 is 0 Å². The molecule has 17 heavy (non-hydrogen) atoms. The number of morpholine rings is 1. The van der Waals surface area contributed by atoms with Gasteiger partial charge in [-0.25, -0.2) is 0 Å². The maximum atomic E-state index is 5.78. The van der Waals surface area contributed by atoms with Crippen LogP contribution in [0.25, 0.3) is 0 Å². The fourth-order valence-electron chi connectivity index (χ4n) is 1.95. The van der Waals surface area contributed by atoms with Gasteiger partial charge in [0.1, 0.15) is 0 Å². The lowest BCUT2D eigenvalue weighted by atomic mass is 10.2. The van der Waals surface area contributed by atoms with Crippen LogP contribution in [0.4, 0.5) is 0 Å². The maximum absolute atomic E-state index is 5.78. The Morgan fingerprint density at radius 3 is 2.59 bits per heavy atom. The van der Waals surface area contributed by atoms with Gasteiger partial charge in [0.05, 0.1) is 12.7 Å². The van der Waals surface area contributed by atoms with E-state index in [4.69, 9.17) is 4.74 Å². The molecule has 0 aromatic rings. The molecule has 0 aliphatic carbocycles. The smallest absolute Gasteiger partial charge is 0.0829 e. The normalized spacial score (nSPS) is 21.2. The molecule has 0 amide bonds. The van der Waals surface area contributed by atoms with Gasteiger partial charge in [0.25, 0.3) is 0 Å². The monoisotopic (exact) mass is 244 g/mol. The lowest BCUT2D eigenvalue weighted by Crippen LogP contribution is -2.47. The van der Waals surface area contributed by atoms with Crippen LogP contribution in [-0.2, 0) is 4.74 Å². The van der Waals surface area contributed by atoms with Crippen molar-refractivity contribution >= 4 is 0 Å². The van der Waals surface area contributed by atoms with Crippen LogP contribution >= 0.6 is 0 Å². The minimum Gasteiger partial charge on any atom is -0.374 e. The standard InChI is InChI=1S/C12H26N2O.C2H6/c1-4-6-7-14-8-9-15-12(11-14)10-13(3)5-2;1-2/h12H,4-11H2,1-3H3;1-2H3/t12-;/m0./s1. The van der Waals surface area contributed by atoms with Gasteiger partial charge in [-0.15, -0.1) is 0 Å². The first kappa shape index (κ1) is 16.9. The number of likely N-dealkylation sites (N-methyl/N-ethyl adjacent to an activating group) is 1. The Bertz CT molecular complexity index is 164. The van der Waals surface area contributed by atoms with Gasteiger partial charge in [-0.2, -0.15) is 0 Å². The van der Waals surface area contributed by atoms with Gasteiger partial charge in [0.15, 0.2) is 0 Å². The summed E-state index contributed by atoms with van der Waals surface area (Å²) >= 11 is 0. The molecule has 0 N–H and O–H groups in total. The molecule has 3 nitrogen and oxygen atoms in total. The second kappa shape index (κ2) is 11.0. The Kier molecular flexibility index (Phi) is 10.9. The molecule has 0 saturated carbocycles. The van der Waals surface area contributed by atoms with Crippen LogP contribution in [-0.4, -0.2) is 62.3 Å². The Hall–Kier alpha value is -0.120. The van der Waals surface area contributed by atoms with Crippen molar-refractivity contribution in [2.45, 2.75) is 46.6 Å². The number of rotatable bonds is 6. The zero-order valence-corrected chi connectivity index (χ0v) is 12.5. The van der Waals surface area contributed by atoms with E-state index in [0.29, 0.717) is 6.10 Å². The van der Waals surface area contributed by atoms with Crippen molar-refractivity contribution in [3.8, 4) is 0 Å². The van der Waals surface area contributed by atoms with Crippen molar-refractivity contribution in [1.29, 1.82) is 0 Å². The molecule has 1 saturated heterocycles. The number of unbranched alkanes of at least 4 members (excludes halogenated alkanes) is 1. The van der Waals surface area contributed by atoms with Crippen LogP contribution in [0.5, 0.6) is 0 Å². The van der Waals surface area contributed by atoms with E-state index in [1.54, 1.807) is 0 Å². The maximum Gasteiger partial charge on any atom is 0.0829 e. The largest absolute Gasteiger partial charge is 0.374 e. The summed E-state index contributed by atoms with van der Waals surface area (Å²) in [6.45, 7) is 15.0. The van der Waals surface area contributed by atoms with Crippen molar-refractivity contribution in [3.05, 3.63) is 0 Å². The van der Waals surface area contributed by atoms with Crippen LogP contribution < -0.4 is 0 Å². The predicted octanol–water partition coefficient (Wildman–Crippen LogP) is 2.47. The third-order valence-electron chi connectivity index (χ3n) is 3.11. The second-order valence-corrected chi connectivity index (χ2v) is 4.50. The highest BCUT2D eigenvalue weighted by Crippen LogP contribution is 2.07. The Morgan fingerprint density at radius 2 is 2.00 bits per heavy atom. The van der Waals surface area contributed by atoms with Crippen LogP contribution in [0.2, 0.25) is 0 Å². The van der Waals surface area contributed by atoms with Crippen LogP contribution in [0, 0.1) is 0 Å². The number of nitrogens with zero attached hydrogens (tertiary/aromatic N) is 2. The molecule has 1 aliphatic heterocycles. The lowest BCUT2D eigenvalue weighted by Gasteiger charge is -2.34. The predicted molar refractivity (Wildman–Crippen MR) is 75.6 cm³/mol. The summed E-state index contributed by atoms with van der Waals surface area (Å²) < 4.78 is 5.78. The SMILES string of the molecule is CC.CCCCN1CCO[C@@H](CN(C)CC)C1. The summed E-state index contributed by atoms with van der Waals surface area (Å²) in [5, 5.41) is 0. The molecule has 1 rings (SSSR count). The summed E-state index contributed by atoms with van der Waals surface area (Å²) in [5.74, 6) is 0. The Balaban J connectivity index is 0.00000121. The van der Waals surface area contributed by atoms with Gasteiger partial charge in [-0.05, 0) is 26.6 Å². The number of hydrogen-bond donors (Lipinski definition) is 0. The minimum absolute atomic E-state index is 0.417. The van der Waals surface area contributed by atoms with E-state index in [0.717, 1.165) is 32.8 Å². The summed E-state index contributed by atoms with van der Waals surface area (Å²) in [5.41, 5.74) is 0. The third-order valence-corrected chi connectivity index (χ3v) is 3.11. The molecule has 0 bridgehead atoms. The molecule has 3 heteroatoms. The highest BCUT2D eigenvalue weighted by molar-refractivity contribution is 4.73. The van der Waals surface area contributed by atoms with Crippen molar-refractivity contribution < 1.29 is 4.74 Å². The zero-order chi connectivity index (χ0) is 13.1. The average molecular weight is 244 g/mol. The molecule has 1 atom stereocenters. The lowest BCUT2D eigenvalue weighted by molar-refractivity contribution is -0.0401. The summed E-state index contributed by atoms with van der Waals surface area (Å²) in [7, 11) is 2.16. The van der Waals surface area contributed by atoms with E-state index in [-0.39, 0.29) is 0 Å². The molecule has 0 spiro atoms. The minimum atomic E-state index is 0.417. The van der Waals surface area contributed by atoms with Gasteiger partial charge >= 0.3 is 0 Å². The summed E-state index contributed by atoms with van der Waals surface area (Å²) in [6, 6.07) is 0. The molecule has 0 radical (unpaired) electrons. The third kappa shape index (κ3) is 7.74. The van der Waals surface area contributed by atoms with E-state index in [2.05, 4.69) is 30.7 Å². The number of hydrogen-bond acceptors (Lipinski definition) is 3. The van der Waals surface area contributed by atoms with Crippen molar-refractivity contribution in [2.24, 2.45) is 0 Å². The van der Waals surface area contributed by atoms with Crippen molar-refractivity contribution in [3.63, 3.8) is 0 Å². The van der Waals surface area contributed by atoms with Crippen LogP contribution in [0.15, 0.2) is 0 Å². The van der Waals surface area contributed by atoms with E-state index >= 15 is 0 Å². The Morgan fingerprint density at radius 1 is 1.29 bits per heavy atom. The molecule has 1 fully saturated rings. The van der Waals surface area contributed by atoms with Gasteiger partial charge in [0, 0.05) is 19.6 Å². The first-order valence-corrected chi connectivity index (χ1v) is 7.28. The topological polar surface area (TPSA) is 15.7 Å². The van der Waals surface area contributed by atoms with Gasteiger partial charge in [0.2, 0.25) is 0 Å². The van der Waals surface area contributed by atoms with Crippen LogP contribution in [0.1, 0.15) is 40.5 Å². The molecule has 1 aliphatic rings. The Labute approximate surface area is 108 Å². The molecular weight excluding hydrogens is 212 g/mol. The first-order valence-electron chi connectivity index (χ1n) is 7.28. The highest BCUT2D eigenvalue weighted by Gasteiger charge is 2.20. The molecule has 1 heterocycles. The fourth-order valence-corrected chi connectivity index (χ4v) is 1.95. The highest BCUT2D eigenvalue weighted by atomic mass is 16.5. The molecule has 0 aromatic heterocycles. The van der Waals surface area contributed by atoms with Crippen molar-refractivity contribution in [1.82, 2.24) is 9.80 Å². The summed E-state index contributed by atoms with van der Waals surface area (Å²) in [4.78, 5) is 4.87. The van der Waals surface area contributed by atoms with E-state index in [1.807, 2.05) is 13.8 Å². The fraction of sp³-hybridized carbons (Fsp3) is 1.00.